The second-order valence-corrected chi connectivity index (χ2v) is 8.49. The summed E-state index contributed by atoms with van der Waals surface area (Å²) < 4.78 is 0. The highest BCUT2D eigenvalue weighted by Crippen LogP contribution is 2.39. The number of phenolic OH excluding ortho intramolecular Hbond substituents is 1. The lowest BCUT2D eigenvalue weighted by atomic mass is 10.0. The fourth-order valence-electron chi connectivity index (χ4n) is 4.68. The average Bonchev–Trinajstić information content (AvgIpc) is 3.50. The molecule has 0 bridgehead atoms. The van der Waals surface area contributed by atoms with Gasteiger partial charge in [-0.05, 0) is 47.1 Å². The summed E-state index contributed by atoms with van der Waals surface area (Å²) >= 11 is 0. The smallest absolute Gasteiger partial charge is 0.324 e. The molecule has 0 unspecified atom stereocenters. The van der Waals surface area contributed by atoms with Gasteiger partial charge in [-0.15, -0.1) is 0 Å². The third-order valence-electron chi connectivity index (χ3n) is 6.33. The van der Waals surface area contributed by atoms with Crippen LogP contribution in [0.3, 0.4) is 0 Å². The monoisotopic (exact) mass is 498 g/mol. The zero-order valence-corrected chi connectivity index (χ0v) is 19.1. The van der Waals surface area contributed by atoms with Crippen LogP contribution in [0.5, 0.6) is 5.75 Å². The molecule has 1 aromatic heterocycles. The zero-order valence-electron chi connectivity index (χ0n) is 19.1. The molecule has 0 aliphatic heterocycles. The van der Waals surface area contributed by atoms with Crippen LogP contribution >= 0.6 is 0 Å². The van der Waals surface area contributed by atoms with Gasteiger partial charge in [0, 0.05) is 16.5 Å². The van der Waals surface area contributed by atoms with Crippen LogP contribution in [-0.2, 0) is 12.8 Å². The van der Waals surface area contributed by atoms with Gasteiger partial charge in [-0.2, -0.15) is 0 Å². The van der Waals surface area contributed by atoms with Crippen molar-refractivity contribution in [3.05, 3.63) is 114 Å². The molecule has 0 saturated heterocycles. The molecule has 0 saturated carbocycles. The number of non-ortho nitro benzene ring substituents is 1. The van der Waals surface area contributed by atoms with Crippen LogP contribution in [0.25, 0.3) is 32.9 Å². The number of hydrogen-bond donors (Lipinski definition) is 2. The fourth-order valence-corrected chi connectivity index (χ4v) is 4.68. The Bertz CT molecular complexity index is 1690. The van der Waals surface area contributed by atoms with E-state index in [1.165, 1.54) is 56.9 Å². The Kier molecular flexibility index (Phi) is 5.72. The molecule has 4 aromatic carbocycles. The fraction of sp³-hybridized carbons (Fsp3) is 0.0769. The van der Waals surface area contributed by atoms with Crippen molar-refractivity contribution in [3.63, 3.8) is 0 Å². The Morgan fingerprint density at radius 3 is 2.00 bits per heavy atom. The van der Waals surface area contributed by atoms with Crippen molar-refractivity contribution in [1.29, 1.82) is 0 Å². The average molecular weight is 498 g/mol. The minimum Gasteiger partial charge on any atom is -0.497 e. The number of nitrogens with one attached hydrogen (secondary N) is 1. The van der Waals surface area contributed by atoms with Crippen molar-refractivity contribution in [2.24, 2.45) is 0 Å². The first-order chi connectivity index (χ1) is 17.7. The Labute approximate surface area is 208 Å². The maximum Gasteiger partial charge on any atom is 0.324 e. The first kappa shape index (κ1) is 23.4. The lowest BCUT2D eigenvalue weighted by Gasteiger charge is -2.03. The van der Waals surface area contributed by atoms with Crippen LogP contribution in [0, 0.1) is 30.3 Å². The van der Waals surface area contributed by atoms with Crippen LogP contribution in [0.4, 0.5) is 17.1 Å². The number of aromatic amines is 1. The van der Waals surface area contributed by atoms with E-state index in [-0.39, 0.29) is 0 Å². The van der Waals surface area contributed by atoms with Gasteiger partial charge in [-0.25, -0.2) is 0 Å². The van der Waals surface area contributed by atoms with Crippen molar-refractivity contribution < 1.29 is 19.9 Å². The number of H-pyrrole nitrogens is 1. The van der Waals surface area contributed by atoms with Crippen LogP contribution < -0.4 is 0 Å². The molecular formula is C26H18N4O7. The molecule has 5 aromatic rings. The predicted octanol–water partition coefficient (Wildman–Crippen LogP) is 6.20. The molecule has 1 heterocycles. The molecule has 0 spiro atoms. The van der Waals surface area contributed by atoms with Gasteiger partial charge in [0.15, 0.2) is 0 Å². The minimum absolute atomic E-state index is 0.447. The summed E-state index contributed by atoms with van der Waals surface area (Å²) in [5.41, 5.74) is 3.73. The lowest BCUT2D eigenvalue weighted by Crippen LogP contribution is -1.97. The number of aromatic hydroxyl groups is 1. The second-order valence-electron chi connectivity index (χ2n) is 8.49. The molecule has 37 heavy (non-hydrogen) atoms. The van der Waals surface area contributed by atoms with Crippen LogP contribution in [-0.4, -0.2) is 24.9 Å². The molecule has 6 rings (SSSR count). The van der Waals surface area contributed by atoms with Gasteiger partial charge in [-0.3, -0.25) is 30.3 Å². The molecule has 0 radical (unpaired) electrons. The zero-order chi connectivity index (χ0) is 26.3. The molecule has 0 atom stereocenters. The molecule has 11 heteroatoms. The Morgan fingerprint density at radius 1 is 0.730 bits per heavy atom. The van der Waals surface area contributed by atoms with E-state index in [2.05, 4.69) is 65.6 Å². The molecule has 1 aliphatic rings. The van der Waals surface area contributed by atoms with Gasteiger partial charge < -0.3 is 10.1 Å². The number of nitrogens with zero attached hydrogens (tertiary/aromatic N) is 3. The number of phenols is 1. The number of rotatable bonds is 4. The van der Waals surface area contributed by atoms with Crippen molar-refractivity contribution in [2.45, 2.75) is 12.8 Å². The molecule has 11 nitrogen and oxygen atoms in total. The number of nitro benzene ring substituents is 3. The number of aryl methyl sites for hydroxylation is 2. The molecular weight excluding hydrogens is 480 g/mol. The number of aromatic nitrogens is 1. The molecule has 0 amide bonds. The van der Waals surface area contributed by atoms with E-state index >= 15 is 0 Å². The van der Waals surface area contributed by atoms with Crippen LogP contribution in [0.2, 0.25) is 0 Å². The summed E-state index contributed by atoms with van der Waals surface area (Å²) in [6.07, 6.45) is 2.36. The topological polar surface area (TPSA) is 165 Å². The van der Waals surface area contributed by atoms with Gasteiger partial charge in [0.25, 0.3) is 11.4 Å². The number of benzene rings is 4. The third-order valence-corrected chi connectivity index (χ3v) is 6.33. The summed E-state index contributed by atoms with van der Waals surface area (Å²) in [5.74, 6) is -1.21. The largest absolute Gasteiger partial charge is 0.497 e. The summed E-state index contributed by atoms with van der Waals surface area (Å²) in [5, 5.41) is 44.4. The van der Waals surface area contributed by atoms with Crippen molar-refractivity contribution in [2.75, 3.05) is 0 Å². The van der Waals surface area contributed by atoms with Gasteiger partial charge >= 0.3 is 11.4 Å². The van der Waals surface area contributed by atoms with Crippen molar-refractivity contribution >= 4 is 38.7 Å². The SMILES string of the molecule is O=[N+]([O-])c1cc([N+](=O)[O-])c(O)c([N+](=O)[O-])c1.c1ccc(-c2cc3cc4c5c(cccc5c3[nH]2)CC4)cc1. The summed E-state index contributed by atoms with van der Waals surface area (Å²) in [7, 11) is 0. The highest BCUT2D eigenvalue weighted by molar-refractivity contribution is 6.10. The van der Waals surface area contributed by atoms with Crippen LogP contribution in [0.1, 0.15) is 11.1 Å². The summed E-state index contributed by atoms with van der Waals surface area (Å²) in [6, 6.07) is 22.8. The highest BCUT2D eigenvalue weighted by Gasteiger charge is 2.30. The normalized spacial score (nSPS) is 11.8. The summed E-state index contributed by atoms with van der Waals surface area (Å²) in [4.78, 5) is 31.4. The van der Waals surface area contributed by atoms with E-state index in [1.807, 2.05) is 0 Å². The van der Waals surface area contributed by atoms with Crippen LogP contribution in [0.15, 0.2) is 72.8 Å². The van der Waals surface area contributed by atoms with Gasteiger partial charge in [0.1, 0.15) is 0 Å². The molecule has 184 valence electrons. The molecule has 1 aliphatic carbocycles. The first-order valence-electron chi connectivity index (χ1n) is 11.2. The minimum atomic E-state index is -1.21. The first-order valence-corrected chi connectivity index (χ1v) is 11.2. The van der Waals surface area contributed by atoms with E-state index in [9.17, 15) is 30.3 Å². The number of hydrogen-bond acceptors (Lipinski definition) is 7. The quantitative estimate of drug-likeness (QED) is 0.220. The van der Waals surface area contributed by atoms with Gasteiger partial charge in [0.05, 0.1) is 32.4 Å². The Balaban J connectivity index is 0.000000159. The van der Waals surface area contributed by atoms with E-state index in [1.54, 1.807) is 0 Å². The highest BCUT2D eigenvalue weighted by atomic mass is 16.6. The van der Waals surface area contributed by atoms with E-state index in [0.717, 1.165) is 0 Å². The van der Waals surface area contributed by atoms with Crippen molar-refractivity contribution in [3.8, 4) is 17.0 Å². The number of fused-ring (bicyclic) bond motifs is 2. The molecule has 0 fully saturated rings. The second kappa shape index (κ2) is 9.04. The molecule has 2 N–H and O–H groups in total. The maximum absolute atomic E-state index is 10.4. The van der Waals surface area contributed by atoms with E-state index < -0.39 is 37.6 Å². The summed E-state index contributed by atoms with van der Waals surface area (Å²) in [6.45, 7) is 0. The Morgan fingerprint density at radius 2 is 1.38 bits per heavy atom. The van der Waals surface area contributed by atoms with E-state index in [0.29, 0.717) is 12.1 Å². The third kappa shape index (κ3) is 4.18. The van der Waals surface area contributed by atoms with E-state index in [4.69, 9.17) is 5.11 Å². The number of nitro groups is 3. The van der Waals surface area contributed by atoms with Gasteiger partial charge in [-0.1, -0.05) is 48.5 Å². The van der Waals surface area contributed by atoms with Gasteiger partial charge in [0.2, 0.25) is 0 Å². The lowest BCUT2D eigenvalue weighted by molar-refractivity contribution is -0.404. The van der Waals surface area contributed by atoms with Crippen molar-refractivity contribution in [1.82, 2.24) is 4.98 Å². The standard InChI is InChI=1S/C20H15N.C6H3N3O7/c1-2-5-13(6-3-1)18-12-16-11-15-10-9-14-7-4-8-17(19(14)15)20(16)21-18;10-6-4(8(13)14)1-3(7(11)12)2-5(6)9(15)16/h1-8,11-12,21H,9-10H2;1-2,10H. The maximum atomic E-state index is 10.4. The predicted molar refractivity (Wildman–Crippen MR) is 137 cm³/mol. The Hall–Kier alpha value is -5.32.